The summed E-state index contributed by atoms with van der Waals surface area (Å²) in [5.74, 6) is 0.266. The third-order valence-corrected chi connectivity index (χ3v) is 4.42. The van der Waals surface area contributed by atoms with E-state index in [1.54, 1.807) is 31.4 Å². The van der Waals surface area contributed by atoms with Gasteiger partial charge in [-0.05, 0) is 49.8 Å². The van der Waals surface area contributed by atoms with Gasteiger partial charge in [-0.15, -0.1) is 0 Å². The predicted molar refractivity (Wildman–Crippen MR) is 110 cm³/mol. The van der Waals surface area contributed by atoms with Crippen LogP contribution in [0.5, 0.6) is 11.5 Å². The smallest absolute Gasteiger partial charge is 0.262 e. The van der Waals surface area contributed by atoms with Gasteiger partial charge < -0.3 is 20.1 Å². The first-order chi connectivity index (χ1) is 13.5. The summed E-state index contributed by atoms with van der Waals surface area (Å²) in [4.78, 5) is 14.4. The lowest BCUT2D eigenvalue weighted by molar-refractivity contribution is -0.117. The lowest BCUT2D eigenvalue weighted by atomic mass is 10.1. The minimum atomic E-state index is -0.495. The highest BCUT2D eigenvalue weighted by molar-refractivity contribution is 6.02. The monoisotopic (exact) mass is 379 g/mol. The molecule has 0 radical (unpaired) electrons. The number of benzene rings is 2. The van der Waals surface area contributed by atoms with E-state index in [1.807, 2.05) is 38.1 Å². The van der Waals surface area contributed by atoms with Gasteiger partial charge in [0.05, 0.1) is 7.11 Å². The normalized spacial score (nSPS) is 10.9. The fourth-order valence-corrected chi connectivity index (χ4v) is 2.76. The molecule has 0 aliphatic rings. The number of amides is 1. The quantitative estimate of drug-likeness (QED) is 0.542. The van der Waals surface area contributed by atoms with Crippen LogP contribution in [0.3, 0.4) is 0 Å². The zero-order valence-corrected chi connectivity index (χ0v) is 16.4. The molecule has 0 aliphatic carbocycles. The number of ether oxygens (including phenoxy) is 1. The van der Waals surface area contributed by atoms with E-state index in [0.717, 1.165) is 30.1 Å². The third kappa shape index (κ3) is 5.27. The molecular formula is C22H25N3O3. The number of nitrogens with one attached hydrogen (secondary N) is 1. The van der Waals surface area contributed by atoms with Gasteiger partial charge in [-0.25, -0.2) is 0 Å². The Kier molecular flexibility index (Phi) is 7.46. The van der Waals surface area contributed by atoms with Crippen LogP contribution >= 0.6 is 0 Å². The van der Waals surface area contributed by atoms with Crippen LogP contribution in [0.2, 0.25) is 0 Å². The van der Waals surface area contributed by atoms with Crippen molar-refractivity contribution >= 4 is 17.7 Å². The van der Waals surface area contributed by atoms with E-state index in [-0.39, 0.29) is 17.9 Å². The van der Waals surface area contributed by atoms with E-state index < -0.39 is 5.91 Å². The van der Waals surface area contributed by atoms with Crippen molar-refractivity contribution in [3.05, 3.63) is 59.2 Å². The number of hydrogen-bond donors (Lipinski definition) is 2. The van der Waals surface area contributed by atoms with E-state index in [2.05, 4.69) is 10.2 Å². The summed E-state index contributed by atoms with van der Waals surface area (Å²) in [6.07, 6.45) is 1.39. The predicted octanol–water partition coefficient (Wildman–Crippen LogP) is 3.47. The van der Waals surface area contributed by atoms with Crippen molar-refractivity contribution in [3.8, 4) is 17.6 Å². The molecular weight excluding hydrogens is 354 g/mol. The number of hydrogen-bond acceptors (Lipinski definition) is 5. The Morgan fingerprint density at radius 1 is 1.21 bits per heavy atom. The van der Waals surface area contributed by atoms with Crippen molar-refractivity contribution in [3.63, 3.8) is 0 Å². The minimum Gasteiger partial charge on any atom is -0.507 e. The molecule has 0 unspecified atom stereocenters. The first-order valence-electron chi connectivity index (χ1n) is 9.13. The van der Waals surface area contributed by atoms with Crippen LogP contribution in [0.4, 0.5) is 5.69 Å². The molecule has 0 saturated heterocycles. The number of methoxy groups -OCH3 is 1. The average molecular weight is 379 g/mol. The fourth-order valence-electron chi connectivity index (χ4n) is 2.76. The summed E-state index contributed by atoms with van der Waals surface area (Å²) in [5, 5.41) is 22.4. The summed E-state index contributed by atoms with van der Waals surface area (Å²) in [5.41, 5.74) is 2.13. The highest BCUT2D eigenvalue weighted by atomic mass is 16.5. The first-order valence-corrected chi connectivity index (χ1v) is 9.13. The number of anilines is 1. The third-order valence-electron chi connectivity index (χ3n) is 4.42. The Bertz CT molecular complexity index is 879. The van der Waals surface area contributed by atoms with Crippen molar-refractivity contribution in [2.45, 2.75) is 20.4 Å². The zero-order valence-electron chi connectivity index (χ0n) is 16.4. The molecule has 2 aromatic carbocycles. The average Bonchev–Trinajstić information content (AvgIpc) is 2.72. The maximum Gasteiger partial charge on any atom is 0.262 e. The molecule has 0 saturated carbocycles. The number of phenols is 1. The van der Waals surface area contributed by atoms with Gasteiger partial charge in [-0.1, -0.05) is 12.1 Å². The van der Waals surface area contributed by atoms with Crippen LogP contribution in [0.15, 0.2) is 48.0 Å². The molecule has 0 bridgehead atoms. The zero-order chi connectivity index (χ0) is 20.5. The number of carbonyl (C=O) groups is 1. The molecule has 28 heavy (non-hydrogen) atoms. The maximum absolute atomic E-state index is 12.3. The number of phenolic OH excluding ortho intramolecular Hbond substituents is 1. The second-order valence-electron chi connectivity index (χ2n) is 6.12. The maximum atomic E-state index is 12.3. The molecule has 2 rings (SSSR count). The Hall–Kier alpha value is -3.46. The second kappa shape index (κ2) is 10.0. The van der Waals surface area contributed by atoms with Gasteiger partial charge in [0, 0.05) is 37.0 Å². The van der Waals surface area contributed by atoms with E-state index in [0.29, 0.717) is 5.56 Å². The standard InChI is InChI=1S/C22H25N3O3/c1-4-25(5-2)19-9-8-17(21(26)13-19)12-18(14-23)22(27)24-15-16-6-10-20(28-3)11-7-16/h6-13,26H,4-5,15H2,1-3H3,(H,24,27)/b18-12+. The van der Waals surface area contributed by atoms with Crippen LogP contribution in [-0.2, 0) is 11.3 Å². The van der Waals surface area contributed by atoms with Gasteiger partial charge in [-0.3, -0.25) is 4.79 Å². The van der Waals surface area contributed by atoms with Gasteiger partial charge >= 0.3 is 0 Å². The van der Waals surface area contributed by atoms with E-state index in [4.69, 9.17) is 4.74 Å². The fraction of sp³-hybridized carbons (Fsp3) is 0.273. The van der Waals surface area contributed by atoms with Gasteiger partial charge in [0.25, 0.3) is 5.91 Å². The van der Waals surface area contributed by atoms with Crippen LogP contribution in [0.25, 0.3) is 6.08 Å². The summed E-state index contributed by atoms with van der Waals surface area (Å²) >= 11 is 0. The Morgan fingerprint density at radius 2 is 1.89 bits per heavy atom. The molecule has 0 atom stereocenters. The highest BCUT2D eigenvalue weighted by Gasteiger charge is 2.11. The van der Waals surface area contributed by atoms with Crippen LogP contribution < -0.4 is 15.0 Å². The highest BCUT2D eigenvalue weighted by Crippen LogP contribution is 2.26. The molecule has 2 N–H and O–H groups in total. The molecule has 6 heteroatoms. The molecule has 6 nitrogen and oxygen atoms in total. The molecule has 0 aliphatic heterocycles. The van der Waals surface area contributed by atoms with Crippen molar-refractivity contribution < 1.29 is 14.6 Å². The van der Waals surface area contributed by atoms with E-state index in [9.17, 15) is 15.2 Å². The van der Waals surface area contributed by atoms with Gasteiger partial charge in [0.1, 0.15) is 23.1 Å². The number of aromatic hydroxyl groups is 1. The van der Waals surface area contributed by atoms with Crippen molar-refractivity contribution in [2.75, 3.05) is 25.1 Å². The second-order valence-corrected chi connectivity index (χ2v) is 6.12. The Labute approximate surface area is 165 Å². The van der Waals surface area contributed by atoms with Gasteiger partial charge in [0.15, 0.2) is 0 Å². The summed E-state index contributed by atoms with van der Waals surface area (Å²) < 4.78 is 5.10. The molecule has 1 amide bonds. The van der Waals surface area contributed by atoms with Crippen molar-refractivity contribution in [2.24, 2.45) is 0 Å². The lowest BCUT2D eigenvalue weighted by Gasteiger charge is -2.21. The molecule has 2 aromatic rings. The number of rotatable bonds is 8. The topological polar surface area (TPSA) is 85.6 Å². The number of nitriles is 1. The number of nitrogens with zero attached hydrogens (tertiary/aromatic N) is 2. The van der Waals surface area contributed by atoms with Gasteiger partial charge in [-0.2, -0.15) is 5.26 Å². The van der Waals surface area contributed by atoms with Crippen LogP contribution in [-0.4, -0.2) is 31.2 Å². The summed E-state index contributed by atoms with van der Waals surface area (Å²) in [6, 6.07) is 14.4. The molecule has 0 spiro atoms. The Morgan fingerprint density at radius 3 is 2.43 bits per heavy atom. The van der Waals surface area contributed by atoms with E-state index >= 15 is 0 Å². The van der Waals surface area contributed by atoms with Crippen LogP contribution in [0.1, 0.15) is 25.0 Å². The van der Waals surface area contributed by atoms with Crippen molar-refractivity contribution in [1.82, 2.24) is 5.32 Å². The summed E-state index contributed by atoms with van der Waals surface area (Å²) in [6.45, 7) is 6.00. The first kappa shape index (κ1) is 20.8. The Balaban J connectivity index is 2.11. The molecule has 0 fully saturated rings. The number of carbonyl (C=O) groups excluding carboxylic acids is 1. The summed E-state index contributed by atoms with van der Waals surface area (Å²) in [7, 11) is 1.59. The molecule has 0 heterocycles. The largest absolute Gasteiger partial charge is 0.507 e. The minimum absolute atomic E-state index is 0.0279. The van der Waals surface area contributed by atoms with Crippen LogP contribution in [0, 0.1) is 11.3 Å². The lowest BCUT2D eigenvalue weighted by Crippen LogP contribution is -2.24. The SMILES string of the molecule is CCN(CC)c1ccc(/C=C(\C#N)C(=O)NCc2ccc(OC)cc2)c(O)c1. The van der Waals surface area contributed by atoms with E-state index in [1.165, 1.54) is 6.08 Å². The molecule has 0 aromatic heterocycles. The molecule has 146 valence electrons. The van der Waals surface area contributed by atoms with Crippen molar-refractivity contribution in [1.29, 1.82) is 5.26 Å². The van der Waals surface area contributed by atoms with Gasteiger partial charge in [0.2, 0.25) is 0 Å².